The maximum Gasteiger partial charge on any atom is 0.274 e. The van der Waals surface area contributed by atoms with E-state index in [1.54, 1.807) is 13.2 Å². The van der Waals surface area contributed by atoms with Gasteiger partial charge in [-0.05, 0) is 44.6 Å². The van der Waals surface area contributed by atoms with Gasteiger partial charge in [0.2, 0.25) is 0 Å². The number of methoxy groups -OCH3 is 1. The highest BCUT2D eigenvalue weighted by molar-refractivity contribution is 5.92. The Balaban J connectivity index is 1.33. The largest absolute Gasteiger partial charge is 0.375 e. The Hall–Kier alpha value is -2.26. The van der Waals surface area contributed by atoms with E-state index >= 15 is 0 Å². The second-order valence-corrected chi connectivity index (χ2v) is 7.86. The van der Waals surface area contributed by atoms with Gasteiger partial charge >= 0.3 is 0 Å². The van der Waals surface area contributed by atoms with Crippen LogP contribution in [-0.2, 0) is 22.5 Å². The van der Waals surface area contributed by atoms with Crippen molar-refractivity contribution in [2.24, 2.45) is 5.92 Å². The molecule has 4 heterocycles. The molecule has 2 fully saturated rings. The van der Waals surface area contributed by atoms with Crippen molar-refractivity contribution in [2.75, 3.05) is 26.8 Å². The second kappa shape index (κ2) is 8.00. The standard InChI is InChI=1S/C19H27N5O4/c1-13-9-15(22-21-13)18(25)24-6-4-19(5-7-24)11-14(3-8-27-19)10-16-20-17(12-26-2)28-23-16/h9,14H,3-8,10-12H2,1-2H3,(H,21,22). The molecule has 4 rings (SSSR count). The van der Waals surface area contributed by atoms with Gasteiger partial charge in [-0.2, -0.15) is 10.1 Å². The van der Waals surface area contributed by atoms with Gasteiger partial charge in [0.05, 0.1) is 5.60 Å². The molecule has 2 aromatic heterocycles. The highest BCUT2D eigenvalue weighted by Gasteiger charge is 2.41. The Morgan fingerprint density at radius 2 is 2.25 bits per heavy atom. The normalized spacial score (nSPS) is 21.9. The van der Waals surface area contributed by atoms with E-state index in [4.69, 9.17) is 14.0 Å². The molecule has 28 heavy (non-hydrogen) atoms. The first-order valence-corrected chi connectivity index (χ1v) is 9.82. The molecule has 9 nitrogen and oxygen atoms in total. The number of nitrogens with one attached hydrogen (secondary N) is 1. The van der Waals surface area contributed by atoms with Crippen LogP contribution >= 0.6 is 0 Å². The zero-order chi connectivity index (χ0) is 19.6. The fourth-order valence-corrected chi connectivity index (χ4v) is 4.27. The molecule has 0 radical (unpaired) electrons. The molecule has 1 unspecified atom stereocenters. The Labute approximate surface area is 163 Å². The molecule has 1 spiro atoms. The summed E-state index contributed by atoms with van der Waals surface area (Å²) in [7, 11) is 1.61. The van der Waals surface area contributed by atoms with Crippen molar-refractivity contribution >= 4 is 5.91 Å². The van der Waals surface area contributed by atoms with Crippen LogP contribution in [0.5, 0.6) is 0 Å². The van der Waals surface area contributed by atoms with Gasteiger partial charge in [-0.1, -0.05) is 5.16 Å². The summed E-state index contributed by atoms with van der Waals surface area (Å²) in [5, 5.41) is 11.0. The average molecular weight is 389 g/mol. The van der Waals surface area contributed by atoms with Gasteiger partial charge in [0.15, 0.2) is 5.82 Å². The number of amides is 1. The Kier molecular flexibility index (Phi) is 5.45. The van der Waals surface area contributed by atoms with Crippen molar-refractivity contribution in [3.8, 4) is 0 Å². The second-order valence-electron chi connectivity index (χ2n) is 7.86. The Morgan fingerprint density at radius 3 is 2.96 bits per heavy atom. The Bertz CT molecular complexity index is 809. The first-order valence-electron chi connectivity index (χ1n) is 9.82. The van der Waals surface area contributed by atoms with Crippen LogP contribution in [0.25, 0.3) is 0 Å². The number of aromatic nitrogens is 4. The third kappa shape index (κ3) is 4.10. The number of hydrogen-bond donors (Lipinski definition) is 1. The van der Waals surface area contributed by atoms with E-state index in [1.165, 1.54) is 0 Å². The zero-order valence-corrected chi connectivity index (χ0v) is 16.4. The number of piperidine rings is 1. The number of nitrogens with zero attached hydrogens (tertiary/aromatic N) is 4. The lowest BCUT2D eigenvalue weighted by atomic mass is 9.78. The number of carbonyl (C=O) groups excluding carboxylic acids is 1. The molecule has 152 valence electrons. The molecule has 1 amide bonds. The number of aryl methyl sites for hydroxylation is 1. The van der Waals surface area contributed by atoms with E-state index in [1.807, 2.05) is 11.8 Å². The summed E-state index contributed by atoms with van der Waals surface area (Å²) >= 11 is 0. The maximum absolute atomic E-state index is 12.6. The first kappa shape index (κ1) is 19.1. The van der Waals surface area contributed by atoms with Crippen LogP contribution in [0.2, 0.25) is 0 Å². The van der Waals surface area contributed by atoms with E-state index in [-0.39, 0.29) is 11.5 Å². The van der Waals surface area contributed by atoms with Crippen molar-refractivity contribution < 1.29 is 18.8 Å². The number of hydrogen-bond acceptors (Lipinski definition) is 7. The molecule has 2 aliphatic rings. The van der Waals surface area contributed by atoms with Crippen LogP contribution in [0, 0.1) is 12.8 Å². The number of likely N-dealkylation sites (tertiary alicyclic amines) is 1. The lowest BCUT2D eigenvalue weighted by Gasteiger charge is -2.46. The van der Waals surface area contributed by atoms with E-state index < -0.39 is 0 Å². The zero-order valence-electron chi connectivity index (χ0n) is 16.4. The van der Waals surface area contributed by atoms with Crippen molar-refractivity contribution in [3.05, 3.63) is 29.2 Å². The van der Waals surface area contributed by atoms with Gasteiger partial charge in [0, 0.05) is 38.9 Å². The van der Waals surface area contributed by atoms with Gasteiger partial charge in [-0.3, -0.25) is 9.89 Å². The topological polar surface area (TPSA) is 106 Å². The molecule has 1 N–H and O–H groups in total. The van der Waals surface area contributed by atoms with Crippen LogP contribution < -0.4 is 0 Å². The lowest BCUT2D eigenvalue weighted by Crippen LogP contribution is -2.51. The number of carbonyl (C=O) groups is 1. The van der Waals surface area contributed by atoms with Gasteiger partial charge in [-0.15, -0.1) is 0 Å². The minimum absolute atomic E-state index is 0.0102. The summed E-state index contributed by atoms with van der Waals surface area (Å²) in [6, 6.07) is 1.79. The smallest absolute Gasteiger partial charge is 0.274 e. The predicted octanol–water partition coefficient (Wildman–Crippen LogP) is 1.89. The Morgan fingerprint density at radius 1 is 1.43 bits per heavy atom. The third-order valence-electron chi connectivity index (χ3n) is 5.73. The SMILES string of the molecule is COCc1nc(CC2CCOC3(CCN(C(=O)c4cc(C)[nH]n4)CC3)C2)no1. The predicted molar refractivity (Wildman–Crippen MR) is 98.6 cm³/mol. The van der Waals surface area contributed by atoms with Crippen LogP contribution in [0.3, 0.4) is 0 Å². The molecule has 9 heteroatoms. The number of H-pyrrole nitrogens is 1. The number of rotatable bonds is 5. The molecular weight excluding hydrogens is 362 g/mol. The molecule has 2 aromatic rings. The summed E-state index contributed by atoms with van der Waals surface area (Å²) in [5.74, 6) is 1.69. The van der Waals surface area contributed by atoms with Crippen molar-refractivity contribution in [2.45, 2.75) is 51.2 Å². The van der Waals surface area contributed by atoms with Crippen molar-refractivity contribution in [1.29, 1.82) is 0 Å². The molecular formula is C19H27N5O4. The lowest BCUT2D eigenvalue weighted by molar-refractivity contribution is -0.123. The minimum atomic E-state index is -0.152. The quantitative estimate of drug-likeness (QED) is 0.832. The average Bonchev–Trinajstić information content (AvgIpc) is 3.31. The fraction of sp³-hybridized carbons (Fsp3) is 0.684. The first-order chi connectivity index (χ1) is 13.6. The van der Waals surface area contributed by atoms with Crippen molar-refractivity contribution in [1.82, 2.24) is 25.2 Å². The molecule has 0 bridgehead atoms. The number of ether oxygens (including phenoxy) is 2. The molecule has 2 aliphatic heterocycles. The van der Waals surface area contributed by atoms with E-state index in [2.05, 4.69) is 20.3 Å². The summed E-state index contributed by atoms with van der Waals surface area (Å²) in [5.41, 5.74) is 1.23. The molecule has 2 saturated heterocycles. The molecule has 0 aromatic carbocycles. The molecule has 0 aliphatic carbocycles. The van der Waals surface area contributed by atoms with Crippen molar-refractivity contribution in [3.63, 3.8) is 0 Å². The van der Waals surface area contributed by atoms with Gasteiger partial charge < -0.3 is 18.9 Å². The van der Waals surface area contributed by atoms with Gasteiger partial charge in [-0.25, -0.2) is 0 Å². The van der Waals surface area contributed by atoms with Gasteiger partial charge in [0.1, 0.15) is 12.3 Å². The van der Waals surface area contributed by atoms with Gasteiger partial charge in [0.25, 0.3) is 11.8 Å². The number of aromatic amines is 1. The van der Waals surface area contributed by atoms with Crippen LogP contribution in [0.1, 0.15) is 53.6 Å². The van der Waals surface area contributed by atoms with E-state index in [0.29, 0.717) is 37.2 Å². The van der Waals surface area contributed by atoms with Crippen LogP contribution in [0.15, 0.2) is 10.6 Å². The van der Waals surface area contributed by atoms with E-state index in [0.717, 1.165) is 50.2 Å². The molecule has 0 saturated carbocycles. The summed E-state index contributed by atoms with van der Waals surface area (Å²) < 4.78 is 16.4. The third-order valence-corrected chi connectivity index (χ3v) is 5.73. The highest BCUT2D eigenvalue weighted by atomic mass is 16.5. The summed E-state index contributed by atoms with van der Waals surface area (Å²) in [6.07, 6.45) is 4.43. The maximum atomic E-state index is 12.6. The van der Waals surface area contributed by atoms with Crippen LogP contribution in [0.4, 0.5) is 0 Å². The fourth-order valence-electron chi connectivity index (χ4n) is 4.27. The monoisotopic (exact) mass is 389 g/mol. The highest BCUT2D eigenvalue weighted by Crippen LogP contribution is 2.38. The van der Waals surface area contributed by atoms with E-state index in [9.17, 15) is 4.79 Å². The summed E-state index contributed by atoms with van der Waals surface area (Å²) in [6.45, 7) is 4.35. The minimum Gasteiger partial charge on any atom is -0.375 e. The van der Waals surface area contributed by atoms with Crippen LogP contribution in [-0.4, -0.2) is 63.6 Å². The molecule has 1 atom stereocenters. The summed E-state index contributed by atoms with van der Waals surface area (Å²) in [4.78, 5) is 18.9.